The van der Waals surface area contributed by atoms with Crippen molar-refractivity contribution in [2.45, 2.75) is 26.5 Å². The third kappa shape index (κ3) is 3.56. The second-order valence-corrected chi connectivity index (χ2v) is 7.68. The summed E-state index contributed by atoms with van der Waals surface area (Å²) in [6, 6.07) is 13.7. The number of hydrogen-bond acceptors (Lipinski definition) is 6. The number of carbonyl (C=O) groups is 3. The molecule has 6 nitrogen and oxygen atoms in total. The van der Waals surface area contributed by atoms with Crippen molar-refractivity contribution in [3.63, 3.8) is 0 Å². The minimum Gasteiger partial charge on any atom is -0.458 e. The van der Waals surface area contributed by atoms with Gasteiger partial charge in [0.2, 0.25) is 0 Å². The summed E-state index contributed by atoms with van der Waals surface area (Å²) in [6.45, 7) is 3.32. The number of rotatable bonds is 5. The van der Waals surface area contributed by atoms with Gasteiger partial charge in [-0.1, -0.05) is 42.0 Å². The summed E-state index contributed by atoms with van der Waals surface area (Å²) in [4.78, 5) is 43.1. The molecule has 1 unspecified atom stereocenters. The molecule has 29 heavy (non-hydrogen) atoms. The van der Waals surface area contributed by atoms with Gasteiger partial charge >= 0.3 is 5.97 Å². The van der Waals surface area contributed by atoms with Gasteiger partial charge in [0.05, 0.1) is 16.8 Å². The molecule has 2 aromatic carbocycles. The summed E-state index contributed by atoms with van der Waals surface area (Å²) in [5.41, 5.74) is 3.12. The third-order valence-electron chi connectivity index (χ3n) is 4.74. The molecule has 0 aliphatic carbocycles. The molecular weight excluding hydrogens is 388 g/mol. The fraction of sp³-hybridized carbons (Fsp3) is 0.182. The van der Waals surface area contributed by atoms with E-state index in [-0.39, 0.29) is 6.61 Å². The molecule has 0 spiro atoms. The number of benzene rings is 2. The summed E-state index contributed by atoms with van der Waals surface area (Å²) < 4.78 is 5.33. The van der Waals surface area contributed by atoms with E-state index in [1.165, 1.54) is 18.3 Å². The lowest BCUT2D eigenvalue weighted by Gasteiger charge is -2.20. The number of aromatic nitrogens is 1. The van der Waals surface area contributed by atoms with Crippen LogP contribution in [0.5, 0.6) is 0 Å². The fourth-order valence-electron chi connectivity index (χ4n) is 3.18. The number of esters is 1. The average molecular weight is 406 g/mol. The van der Waals surface area contributed by atoms with Gasteiger partial charge in [-0.2, -0.15) is 0 Å². The van der Waals surface area contributed by atoms with Crippen LogP contribution in [-0.2, 0) is 16.1 Å². The zero-order valence-corrected chi connectivity index (χ0v) is 16.7. The first-order valence-corrected chi connectivity index (χ1v) is 9.98. The standard InChI is InChI=1S/C22H18N2O4S/c1-13-8-9-17-18(10-13)21(26)24(20(17)25)14(2)22(27)28-11-16-12-29-19(23-16)15-6-4-3-5-7-15/h3-10,12,14H,11H2,1-2H3. The van der Waals surface area contributed by atoms with E-state index in [0.29, 0.717) is 16.8 Å². The van der Waals surface area contributed by atoms with Gasteiger partial charge in [-0.15, -0.1) is 11.3 Å². The number of aryl methyl sites for hydroxylation is 1. The first-order chi connectivity index (χ1) is 14.0. The lowest BCUT2D eigenvalue weighted by atomic mass is 10.1. The predicted octanol–water partition coefficient (Wildman–Crippen LogP) is 3.85. The van der Waals surface area contributed by atoms with Crippen LogP contribution in [0.3, 0.4) is 0 Å². The number of imide groups is 1. The topological polar surface area (TPSA) is 76.6 Å². The van der Waals surface area contributed by atoms with Crippen LogP contribution in [0.15, 0.2) is 53.9 Å². The van der Waals surface area contributed by atoms with Gasteiger partial charge in [-0.05, 0) is 26.0 Å². The van der Waals surface area contributed by atoms with E-state index in [1.54, 1.807) is 18.2 Å². The molecule has 1 aliphatic heterocycles. The number of thiazole rings is 1. The Morgan fingerprint density at radius 1 is 1.10 bits per heavy atom. The molecule has 146 valence electrons. The van der Waals surface area contributed by atoms with Gasteiger partial charge in [-0.25, -0.2) is 9.78 Å². The van der Waals surface area contributed by atoms with Crippen molar-refractivity contribution >= 4 is 29.1 Å². The Kier molecular flexibility index (Phi) is 4.98. The molecule has 3 aromatic rings. The van der Waals surface area contributed by atoms with Crippen molar-refractivity contribution in [2.75, 3.05) is 0 Å². The minimum absolute atomic E-state index is 0.0191. The van der Waals surface area contributed by atoms with Crippen LogP contribution in [0.25, 0.3) is 10.6 Å². The van der Waals surface area contributed by atoms with Gasteiger partial charge < -0.3 is 4.74 Å². The maximum atomic E-state index is 12.6. The normalized spacial score (nSPS) is 14.1. The van der Waals surface area contributed by atoms with E-state index in [4.69, 9.17) is 4.74 Å². The largest absolute Gasteiger partial charge is 0.458 e. The monoisotopic (exact) mass is 406 g/mol. The molecule has 1 aliphatic rings. The van der Waals surface area contributed by atoms with Crippen molar-refractivity contribution in [1.29, 1.82) is 0 Å². The Morgan fingerprint density at radius 2 is 1.83 bits per heavy atom. The van der Waals surface area contributed by atoms with E-state index in [2.05, 4.69) is 4.98 Å². The lowest BCUT2D eigenvalue weighted by Crippen LogP contribution is -2.43. The summed E-state index contributed by atoms with van der Waals surface area (Å²) >= 11 is 1.46. The zero-order chi connectivity index (χ0) is 20.5. The van der Waals surface area contributed by atoms with E-state index >= 15 is 0 Å². The molecule has 2 heterocycles. The van der Waals surface area contributed by atoms with Crippen LogP contribution in [-0.4, -0.2) is 33.7 Å². The molecule has 0 radical (unpaired) electrons. The van der Waals surface area contributed by atoms with Crippen molar-refractivity contribution < 1.29 is 19.1 Å². The smallest absolute Gasteiger partial charge is 0.329 e. The van der Waals surface area contributed by atoms with Gasteiger partial charge in [-0.3, -0.25) is 14.5 Å². The summed E-state index contributed by atoms with van der Waals surface area (Å²) in [5.74, 6) is -1.60. The number of nitrogens with zero attached hydrogens (tertiary/aromatic N) is 2. The molecular formula is C22H18N2O4S. The summed E-state index contributed by atoms with van der Waals surface area (Å²) in [7, 11) is 0. The van der Waals surface area contributed by atoms with Crippen LogP contribution in [0.2, 0.25) is 0 Å². The van der Waals surface area contributed by atoms with E-state index in [9.17, 15) is 14.4 Å². The Morgan fingerprint density at radius 3 is 2.59 bits per heavy atom. The summed E-state index contributed by atoms with van der Waals surface area (Å²) in [6.07, 6.45) is 0. The molecule has 0 fully saturated rings. The van der Waals surface area contributed by atoms with E-state index in [1.807, 2.05) is 42.6 Å². The second-order valence-electron chi connectivity index (χ2n) is 6.82. The van der Waals surface area contributed by atoms with Crippen molar-refractivity contribution in [3.8, 4) is 10.6 Å². The van der Waals surface area contributed by atoms with Gasteiger partial charge in [0.15, 0.2) is 0 Å². The Hall–Kier alpha value is -3.32. The Labute approximate surface area is 171 Å². The highest BCUT2D eigenvalue weighted by molar-refractivity contribution is 7.13. The second kappa shape index (κ2) is 7.60. The molecule has 1 atom stereocenters. The molecule has 7 heteroatoms. The fourth-order valence-corrected chi connectivity index (χ4v) is 3.99. The predicted molar refractivity (Wildman–Crippen MR) is 108 cm³/mol. The molecule has 2 amide bonds. The molecule has 4 rings (SSSR count). The molecule has 0 bridgehead atoms. The highest BCUT2D eigenvalue weighted by Crippen LogP contribution is 2.27. The minimum atomic E-state index is -1.02. The van der Waals surface area contributed by atoms with Crippen LogP contribution >= 0.6 is 11.3 Å². The number of carbonyl (C=O) groups excluding carboxylic acids is 3. The number of ether oxygens (including phenoxy) is 1. The SMILES string of the molecule is Cc1ccc2c(c1)C(=O)N(C(C)C(=O)OCc1csc(-c3ccccc3)n1)C2=O. The van der Waals surface area contributed by atoms with E-state index < -0.39 is 23.8 Å². The lowest BCUT2D eigenvalue weighted by molar-refractivity contribution is -0.149. The van der Waals surface area contributed by atoms with Crippen LogP contribution in [0, 0.1) is 6.92 Å². The maximum absolute atomic E-state index is 12.6. The van der Waals surface area contributed by atoms with Gasteiger partial charge in [0.1, 0.15) is 17.7 Å². The maximum Gasteiger partial charge on any atom is 0.329 e. The molecule has 1 aromatic heterocycles. The first kappa shape index (κ1) is 19.0. The van der Waals surface area contributed by atoms with Crippen molar-refractivity contribution in [1.82, 2.24) is 9.88 Å². The third-order valence-corrected chi connectivity index (χ3v) is 5.68. The van der Waals surface area contributed by atoms with Crippen LogP contribution < -0.4 is 0 Å². The van der Waals surface area contributed by atoms with Crippen molar-refractivity contribution in [3.05, 3.63) is 76.3 Å². The summed E-state index contributed by atoms with van der Waals surface area (Å²) in [5, 5.41) is 2.66. The number of hydrogen-bond donors (Lipinski definition) is 0. The quantitative estimate of drug-likeness (QED) is 0.475. The van der Waals surface area contributed by atoms with Gasteiger partial charge in [0.25, 0.3) is 11.8 Å². The Balaban J connectivity index is 1.42. The van der Waals surface area contributed by atoms with E-state index in [0.717, 1.165) is 21.0 Å². The molecule has 0 saturated heterocycles. The molecule has 0 saturated carbocycles. The Bertz CT molecular complexity index is 1110. The highest BCUT2D eigenvalue weighted by atomic mass is 32.1. The molecule has 0 N–H and O–H groups in total. The van der Waals surface area contributed by atoms with Crippen LogP contribution in [0.1, 0.15) is 38.9 Å². The number of amides is 2. The number of fused-ring (bicyclic) bond motifs is 1. The van der Waals surface area contributed by atoms with Gasteiger partial charge in [0, 0.05) is 10.9 Å². The van der Waals surface area contributed by atoms with Crippen molar-refractivity contribution in [2.24, 2.45) is 0 Å². The zero-order valence-electron chi connectivity index (χ0n) is 15.9. The average Bonchev–Trinajstić information content (AvgIpc) is 3.30. The highest BCUT2D eigenvalue weighted by Gasteiger charge is 2.41. The first-order valence-electron chi connectivity index (χ1n) is 9.10. The van der Waals surface area contributed by atoms with Crippen LogP contribution in [0.4, 0.5) is 0 Å².